The van der Waals surface area contributed by atoms with E-state index in [1.54, 1.807) is 16.9 Å². The molecular weight excluding hydrogens is 413 g/mol. The molecule has 146 valence electrons. The molecule has 0 aliphatic rings. The molecule has 4 aromatic rings. The van der Waals surface area contributed by atoms with Crippen LogP contribution in [0.3, 0.4) is 0 Å². The molecular formula is C19H15Cl2N7O. The zero-order chi connectivity index (χ0) is 20.4. The van der Waals surface area contributed by atoms with Crippen molar-refractivity contribution in [3.05, 3.63) is 52.5 Å². The van der Waals surface area contributed by atoms with Gasteiger partial charge in [-0.25, -0.2) is 4.98 Å². The SMILES string of the molecule is C[C@@H](Oc1ccc2[nH]nc(-c3cnn(CCC#N)c3)c2n1)c1c(Cl)cncc1Cl. The summed E-state index contributed by atoms with van der Waals surface area (Å²) >= 11 is 12.4. The molecule has 10 heteroatoms. The Morgan fingerprint density at radius 3 is 2.79 bits per heavy atom. The van der Waals surface area contributed by atoms with Crippen LogP contribution in [0.1, 0.15) is 25.0 Å². The van der Waals surface area contributed by atoms with Crippen molar-refractivity contribution in [2.24, 2.45) is 0 Å². The fourth-order valence-electron chi connectivity index (χ4n) is 2.97. The fraction of sp³-hybridized carbons (Fsp3) is 0.211. The van der Waals surface area contributed by atoms with Crippen molar-refractivity contribution >= 4 is 34.2 Å². The zero-order valence-electron chi connectivity index (χ0n) is 15.3. The van der Waals surface area contributed by atoms with Gasteiger partial charge in [-0.05, 0) is 13.0 Å². The van der Waals surface area contributed by atoms with Crippen molar-refractivity contribution in [3.8, 4) is 23.2 Å². The van der Waals surface area contributed by atoms with Gasteiger partial charge in [-0.1, -0.05) is 23.2 Å². The van der Waals surface area contributed by atoms with Crippen LogP contribution in [0.4, 0.5) is 0 Å². The number of nitrogens with one attached hydrogen (secondary N) is 1. The first-order valence-electron chi connectivity index (χ1n) is 8.77. The van der Waals surface area contributed by atoms with Crippen LogP contribution in [0.15, 0.2) is 36.9 Å². The van der Waals surface area contributed by atoms with E-state index in [1.165, 1.54) is 12.4 Å². The number of ether oxygens (including phenoxy) is 1. The average Bonchev–Trinajstić information content (AvgIpc) is 3.32. The highest BCUT2D eigenvalue weighted by Gasteiger charge is 2.18. The van der Waals surface area contributed by atoms with Gasteiger partial charge in [-0.2, -0.15) is 15.5 Å². The lowest BCUT2D eigenvalue weighted by Crippen LogP contribution is -2.06. The van der Waals surface area contributed by atoms with Crippen molar-refractivity contribution in [1.29, 1.82) is 5.26 Å². The number of hydrogen-bond donors (Lipinski definition) is 1. The third-order valence-corrected chi connectivity index (χ3v) is 4.94. The Balaban J connectivity index is 1.63. The molecule has 0 aliphatic carbocycles. The molecule has 0 aliphatic heterocycles. The summed E-state index contributed by atoms with van der Waals surface area (Å²) in [4.78, 5) is 8.56. The minimum absolute atomic E-state index is 0.386. The topological polar surface area (TPSA) is 105 Å². The van der Waals surface area contributed by atoms with Gasteiger partial charge in [0.05, 0.1) is 40.8 Å². The highest BCUT2D eigenvalue weighted by atomic mass is 35.5. The van der Waals surface area contributed by atoms with Crippen molar-refractivity contribution in [2.75, 3.05) is 0 Å². The van der Waals surface area contributed by atoms with Gasteiger partial charge in [-0.3, -0.25) is 14.8 Å². The molecule has 4 rings (SSSR count). The predicted octanol–water partition coefficient (Wildman–Crippen LogP) is 4.58. The number of aromatic nitrogens is 6. The lowest BCUT2D eigenvalue weighted by molar-refractivity contribution is 0.218. The quantitative estimate of drug-likeness (QED) is 0.482. The van der Waals surface area contributed by atoms with Gasteiger partial charge in [0.25, 0.3) is 0 Å². The smallest absolute Gasteiger partial charge is 0.214 e. The maximum atomic E-state index is 8.73. The van der Waals surface area contributed by atoms with E-state index in [-0.39, 0.29) is 0 Å². The summed E-state index contributed by atoms with van der Waals surface area (Å²) in [5, 5.41) is 21.2. The van der Waals surface area contributed by atoms with Crippen LogP contribution >= 0.6 is 23.2 Å². The summed E-state index contributed by atoms with van der Waals surface area (Å²) < 4.78 is 7.69. The summed E-state index contributed by atoms with van der Waals surface area (Å²) in [6.07, 6.45) is 6.54. The van der Waals surface area contributed by atoms with Crippen molar-refractivity contribution in [2.45, 2.75) is 26.0 Å². The Hall–Kier alpha value is -3.15. The van der Waals surface area contributed by atoms with Gasteiger partial charge in [0, 0.05) is 35.8 Å². The van der Waals surface area contributed by atoms with Crippen LogP contribution in [-0.4, -0.2) is 29.9 Å². The van der Waals surface area contributed by atoms with Gasteiger partial charge in [-0.15, -0.1) is 0 Å². The highest BCUT2D eigenvalue weighted by Crippen LogP contribution is 2.33. The molecule has 0 saturated carbocycles. The summed E-state index contributed by atoms with van der Waals surface area (Å²) in [5.74, 6) is 0.411. The molecule has 0 bridgehead atoms. The second-order valence-corrected chi connectivity index (χ2v) is 7.11. The van der Waals surface area contributed by atoms with Crippen LogP contribution in [-0.2, 0) is 6.54 Å². The third-order valence-electron chi connectivity index (χ3n) is 4.34. The molecule has 0 spiro atoms. The van der Waals surface area contributed by atoms with Crippen LogP contribution in [0.5, 0.6) is 5.88 Å². The molecule has 0 fully saturated rings. The van der Waals surface area contributed by atoms with Crippen LogP contribution in [0, 0.1) is 11.3 Å². The Kier molecular flexibility index (Phi) is 5.34. The normalized spacial score (nSPS) is 12.1. The second-order valence-electron chi connectivity index (χ2n) is 6.29. The number of hydrogen-bond acceptors (Lipinski definition) is 6. The number of fused-ring (bicyclic) bond motifs is 1. The van der Waals surface area contributed by atoms with Crippen LogP contribution in [0.25, 0.3) is 22.3 Å². The van der Waals surface area contributed by atoms with Gasteiger partial charge in [0.15, 0.2) is 0 Å². The van der Waals surface area contributed by atoms with Crippen LogP contribution < -0.4 is 4.74 Å². The number of halogens is 2. The molecule has 29 heavy (non-hydrogen) atoms. The Labute approximate surface area is 176 Å². The first-order valence-corrected chi connectivity index (χ1v) is 9.53. The number of aryl methyl sites for hydroxylation is 1. The molecule has 1 atom stereocenters. The summed E-state index contributed by atoms with van der Waals surface area (Å²) in [7, 11) is 0. The second kappa shape index (κ2) is 8.07. The maximum absolute atomic E-state index is 8.73. The van der Waals surface area contributed by atoms with E-state index in [9.17, 15) is 0 Å². The Morgan fingerprint density at radius 2 is 2.03 bits per heavy atom. The number of H-pyrrole nitrogens is 1. The lowest BCUT2D eigenvalue weighted by atomic mass is 10.2. The number of pyridine rings is 2. The molecule has 0 aromatic carbocycles. The number of nitriles is 1. The Morgan fingerprint density at radius 1 is 1.24 bits per heavy atom. The van der Waals surface area contributed by atoms with E-state index in [1.807, 2.05) is 19.2 Å². The highest BCUT2D eigenvalue weighted by molar-refractivity contribution is 6.35. The molecule has 4 aromatic heterocycles. The van der Waals surface area contributed by atoms with E-state index in [4.69, 9.17) is 33.2 Å². The lowest BCUT2D eigenvalue weighted by Gasteiger charge is -2.16. The minimum atomic E-state index is -0.424. The zero-order valence-corrected chi connectivity index (χ0v) is 16.8. The summed E-state index contributed by atoms with van der Waals surface area (Å²) in [6.45, 7) is 2.36. The molecule has 8 nitrogen and oxygen atoms in total. The van der Waals surface area contributed by atoms with E-state index in [0.717, 1.165) is 11.1 Å². The first kappa shape index (κ1) is 19.2. The van der Waals surface area contributed by atoms with Gasteiger partial charge >= 0.3 is 0 Å². The monoisotopic (exact) mass is 427 g/mol. The first-order chi connectivity index (χ1) is 14.1. The van der Waals surface area contributed by atoms with Gasteiger partial charge in [0.1, 0.15) is 17.3 Å². The van der Waals surface area contributed by atoms with E-state index < -0.39 is 6.10 Å². The molecule has 0 amide bonds. The van der Waals surface area contributed by atoms with Crippen molar-refractivity contribution in [1.82, 2.24) is 29.9 Å². The number of nitrogens with zero attached hydrogens (tertiary/aromatic N) is 6. The summed E-state index contributed by atoms with van der Waals surface area (Å²) in [5.41, 5.74) is 3.52. The number of aromatic amines is 1. The van der Waals surface area contributed by atoms with E-state index in [0.29, 0.717) is 45.7 Å². The number of rotatable bonds is 6. The maximum Gasteiger partial charge on any atom is 0.214 e. The van der Waals surface area contributed by atoms with Crippen LogP contribution in [0.2, 0.25) is 10.0 Å². The molecule has 0 radical (unpaired) electrons. The van der Waals surface area contributed by atoms with E-state index >= 15 is 0 Å². The van der Waals surface area contributed by atoms with Gasteiger partial charge < -0.3 is 4.74 Å². The largest absolute Gasteiger partial charge is 0.470 e. The molecule has 4 heterocycles. The van der Waals surface area contributed by atoms with Gasteiger partial charge in [0.2, 0.25) is 5.88 Å². The standard InChI is InChI=1S/C19H15Cl2N7O/c1-11(17-13(20)8-23-9-14(17)21)29-16-4-3-15-19(25-16)18(27-26-15)12-7-24-28(10-12)6-2-5-22/h3-4,7-11H,2,6H2,1H3,(H,26,27)/t11-/m1/s1. The third kappa shape index (κ3) is 3.88. The average molecular weight is 428 g/mol. The molecule has 0 saturated heterocycles. The predicted molar refractivity (Wildman–Crippen MR) is 109 cm³/mol. The fourth-order valence-corrected chi connectivity index (χ4v) is 3.64. The van der Waals surface area contributed by atoms with Crippen molar-refractivity contribution in [3.63, 3.8) is 0 Å². The minimum Gasteiger partial charge on any atom is -0.470 e. The van der Waals surface area contributed by atoms with E-state index in [2.05, 4.69) is 31.3 Å². The van der Waals surface area contributed by atoms with Crippen molar-refractivity contribution < 1.29 is 4.74 Å². The molecule has 0 unspecified atom stereocenters. The summed E-state index contributed by atoms with van der Waals surface area (Å²) in [6, 6.07) is 5.70. The molecule has 1 N–H and O–H groups in total. The Bertz CT molecular complexity index is 1190.